The van der Waals surface area contributed by atoms with Crippen LogP contribution in [0.15, 0.2) is 42.5 Å². The standard InChI is InChI=1S/C15H15N3/c1-10-4-3-5-11(8-10)15-17-13-7-6-12(16-2)9-14(13)18-15/h3-9,16H,1-2H3,(H,17,18). The van der Waals surface area contributed by atoms with Gasteiger partial charge in [-0.2, -0.15) is 0 Å². The highest BCUT2D eigenvalue weighted by molar-refractivity contribution is 5.82. The number of aromatic nitrogens is 2. The molecule has 2 aromatic carbocycles. The van der Waals surface area contributed by atoms with Crippen molar-refractivity contribution in [3.63, 3.8) is 0 Å². The second-order valence-corrected chi connectivity index (χ2v) is 4.44. The molecule has 0 radical (unpaired) electrons. The second kappa shape index (κ2) is 4.18. The van der Waals surface area contributed by atoms with E-state index >= 15 is 0 Å². The van der Waals surface area contributed by atoms with Crippen LogP contribution in [0, 0.1) is 6.92 Å². The number of anilines is 1. The highest BCUT2D eigenvalue weighted by atomic mass is 14.9. The van der Waals surface area contributed by atoms with E-state index in [0.717, 1.165) is 28.1 Å². The number of hydrogen-bond acceptors (Lipinski definition) is 2. The number of nitrogens with zero attached hydrogens (tertiary/aromatic N) is 1. The molecule has 0 aliphatic carbocycles. The maximum absolute atomic E-state index is 4.62. The lowest BCUT2D eigenvalue weighted by Gasteiger charge is -1.97. The van der Waals surface area contributed by atoms with E-state index in [1.807, 2.05) is 19.2 Å². The first kappa shape index (κ1) is 10.8. The van der Waals surface area contributed by atoms with Gasteiger partial charge in [-0.25, -0.2) is 4.98 Å². The Morgan fingerprint density at radius 3 is 2.78 bits per heavy atom. The molecule has 1 aromatic heterocycles. The second-order valence-electron chi connectivity index (χ2n) is 4.44. The van der Waals surface area contributed by atoms with Crippen molar-refractivity contribution in [1.29, 1.82) is 0 Å². The molecule has 0 spiro atoms. The molecule has 1 heterocycles. The van der Waals surface area contributed by atoms with E-state index in [9.17, 15) is 0 Å². The molecule has 0 saturated heterocycles. The minimum Gasteiger partial charge on any atom is -0.388 e. The van der Waals surface area contributed by atoms with Crippen LogP contribution in [0.4, 0.5) is 5.69 Å². The van der Waals surface area contributed by atoms with E-state index in [1.165, 1.54) is 5.56 Å². The van der Waals surface area contributed by atoms with E-state index < -0.39 is 0 Å². The van der Waals surface area contributed by atoms with Crippen LogP contribution < -0.4 is 5.32 Å². The van der Waals surface area contributed by atoms with E-state index in [2.05, 4.69) is 52.5 Å². The van der Waals surface area contributed by atoms with Crippen LogP contribution >= 0.6 is 0 Å². The first-order valence-corrected chi connectivity index (χ1v) is 6.01. The van der Waals surface area contributed by atoms with Crippen molar-refractivity contribution in [2.45, 2.75) is 6.92 Å². The van der Waals surface area contributed by atoms with Gasteiger partial charge in [0.05, 0.1) is 11.0 Å². The lowest BCUT2D eigenvalue weighted by atomic mass is 10.1. The molecular formula is C15H15N3. The van der Waals surface area contributed by atoms with Crippen molar-refractivity contribution in [2.75, 3.05) is 12.4 Å². The Morgan fingerprint density at radius 2 is 2.00 bits per heavy atom. The van der Waals surface area contributed by atoms with Gasteiger partial charge >= 0.3 is 0 Å². The molecule has 2 N–H and O–H groups in total. The SMILES string of the molecule is CNc1ccc2nc(-c3cccc(C)c3)[nH]c2c1. The van der Waals surface area contributed by atoms with Crippen LogP contribution in [0.2, 0.25) is 0 Å². The first-order valence-electron chi connectivity index (χ1n) is 6.01. The predicted octanol–water partition coefficient (Wildman–Crippen LogP) is 3.58. The van der Waals surface area contributed by atoms with E-state index in [-0.39, 0.29) is 0 Å². The van der Waals surface area contributed by atoms with Crippen LogP contribution in [0.1, 0.15) is 5.56 Å². The summed E-state index contributed by atoms with van der Waals surface area (Å²) in [5, 5.41) is 3.13. The fourth-order valence-electron chi connectivity index (χ4n) is 2.09. The summed E-state index contributed by atoms with van der Waals surface area (Å²) in [4.78, 5) is 7.98. The molecule has 0 unspecified atom stereocenters. The van der Waals surface area contributed by atoms with Crippen molar-refractivity contribution in [3.8, 4) is 11.4 Å². The zero-order valence-electron chi connectivity index (χ0n) is 10.5. The number of nitrogens with one attached hydrogen (secondary N) is 2. The molecule has 0 amide bonds. The fourth-order valence-corrected chi connectivity index (χ4v) is 2.09. The number of imidazole rings is 1. The fraction of sp³-hybridized carbons (Fsp3) is 0.133. The quantitative estimate of drug-likeness (QED) is 0.715. The number of rotatable bonds is 2. The Labute approximate surface area is 106 Å². The summed E-state index contributed by atoms with van der Waals surface area (Å²) in [5.74, 6) is 0.918. The van der Waals surface area contributed by atoms with Gasteiger partial charge in [-0.05, 0) is 31.2 Å². The van der Waals surface area contributed by atoms with Gasteiger partial charge in [0, 0.05) is 18.3 Å². The summed E-state index contributed by atoms with van der Waals surface area (Å²) in [7, 11) is 1.92. The molecular weight excluding hydrogens is 222 g/mol. The maximum atomic E-state index is 4.62. The van der Waals surface area contributed by atoms with Crippen LogP contribution in [0.25, 0.3) is 22.4 Å². The summed E-state index contributed by atoms with van der Waals surface area (Å²) in [6.45, 7) is 2.09. The van der Waals surface area contributed by atoms with Gasteiger partial charge in [-0.15, -0.1) is 0 Å². The largest absolute Gasteiger partial charge is 0.388 e. The lowest BCUT2D eigenvalue weighted by Crippen LogP contribution is -1.86. The van der Waals surface area contributed by atoms with Crippen LogP contribution in [0.5, 0.6) is 0 Å². The minimum absolute atomic E-state index is 0.918. The molecule has 0 aliphatic heterocycles. The Morgan fingerprint density at radius 1 is 1.11 bits per heavy atom. The van der Waals surface area contributed by atoms with Crippen LogP contribution in [-0.4, -0.2) is 17.0 Å². The Hall–Kier alpha value is -2.29. The number of hydrogen-bond donors (Lipinski definition) is 2. The molecule has 0 aliphatic rings. The highest BCUT2D eigenvalue weighted by Crippen LogP contribution is 2.23. The number of H-pyrrole nitrogens is 1. The Kier molecular flexibility index (Phi) is 2.52. The predicted molar refractivity (Wildman–Crippen MR) is 75.8 cm³/mol. The zero-order chi connectivity index (χ0) is 12.5. The van der Waals surface area contributed by atoms with Crippen molar-refractivity contribution in [2.24, 2.45) is 0 Å². The minimum atomic E-state index is 0.918. The molecule has 3 rings (SSSR count). The van der Waals surface area contributed by atoms with Crippen molar-refractivity contribution in [3.05, 3.63) is 48.0 Å². The third-order valence-electron chi connectivity index (χ3n) is 3.06. The monoisotopic (exact) mass is 237 g/mol. The van der Waals surface area contributed by atoms with Crippen molar-refractivity contribution in [1.82, 2.24) is 9.97 Å². The molecule has 3 nitrogen and oxygen atoms in total. The summed E-state index contributed by atoms with van der Waals surface area (Å²) in [6.07, 6.45) is 0. The molecule has 3 aromatic rings. The van der Waals surface area contributed by atoms with Gasteiger partial charge < -0.3 is 10.3 Å². The molecule has 0 fully saturated rings. The Balaban J connectivity index is 2.13. The smallest absolute Gasteiger partial charge is 0.138 e. The molecule has 0 saturated carbocycles. The number of benzene rings is 2. The number of aromatic amines is 1. The van der Waals surface area contributed by atoms with E-state index in [1.54, 1.807) is 0 Å². The number of fused-ring (bicyclic) bond motifs is 1. The molecule has 0 atom stereocenters. The molecule has 90 valence electrons. The van der Waals surface area contributed by atoms with Gasteiger partial charge in [0.15, 0.2) is 0 Å². The summed E-state index contributed by atoms with van der Waals surface area (Å²) >= 11 is 0. The maximum Gasteiger partial charge on any atom is 0.138 e. The average molecular weight is 237 g/mol. The van der Waals surface area contributed by atoms with Crippen molar-refractivity contribution >= 4 is 16.7 Å². The van der Waals surface area contributed by atoms with Gasteiger partial charge in [0.2, 0.25) is 0 Å². The van der Waals surface area contributed by atoms with E-state index in [4.69, 9.17) is 0 Å². The normalized spacial score (nSPS) is 10.8. The van der Waals surface area contributed by atoms with Crippen LogP contribution in [-0.2, 0) is 0 Å². The lowest BCUT2D eigenvalue weighted by molar-refractivity contribution is 1.32. The summed E-state index contributed by atoms with van der Waals surface area (Å²) in [5.41, 5.74) is 5.49. The van der Waals surface area contributed by atoms with Gasteiger partial charge in [-0.3, -0.25) is 0 Å². The molecule has 0 bridgehead atoms. The van der Waals surface area contributed by atoms with Gasteiger partial charge in [0.1, 0.15) is 5.82 Å². The molecule has 3 heteroatoms. The number of aryl methyl sites for hydroxylation is 1. The zero-order valence-corrected chi connectivity index (χ0v) is 10.5. The van der Waals surface area contributed by atoms with Gasteiger partial charge in [-0.1, -0.05) is 23.8 Å². The summed E-state index contributed by atoms with van der Waals surface area (Å²) < 4.78 is 0. The highest BCUT2D eigenvalue weighted by Gasteiger charge is 2.05. The third kappa shape index (κ3) is 1.84. The first-order chi connectivity index (χ1) is 8.76. The summed E-state index contributed by atoms with van der Waals surface area (Å²) in [6, 6.07) is 14.5. The Bertz CT molecular complexity index is 698. The van der Waals surface area contributed by atoms with Crippen LogP contribution in [0.3, 0.4) is 0 Å². The van der Waals surface area contributed by atoms with Gasteiger partial charge in [0.25, 0.3) is 0 Å². The third-order valence-corrected chi connectivity index (χ3v) is 3.06. The molecule has 18 heavy (non-hydrogen) atoms. The average Bonchev–Trinajstić information content (AvgIpc) is 2.81. The van der Waals surface area contributed by atoms with Crippen molar-refractivity contribution < 1.29 is 0 Å². The van der Waals surface area contributed by atoms with E-state index in [0.29, 0.717) is 0 Å². The topological polar surface area (TPSA) is 40.7 Å².